The Hall–Kier alpha value is 0.540. The van der Waals surface area contributed by atoms with Gasteiger partial charge in [-0.1, -0.05) is 32.6 Å². The highest BCUT2D eigenvalue weighted by Gasteiger charge is 2.15. The molecule has 2 unspecified atom stereocenters. The molecule has 0 aromatic rings. The number of halogens is 2. The molecule has 2 atom stereocenters. The number of unbranched alkanes of at least 4 members (excludes halogenated alkanes) is 3. The fraction of sp³-hybridized carbons (Fsp3) is 1.00. The minimum absolute atomic E-state index is 0.267. The minimum Gasteiger partial charge on any atom is -0.231 e. The molecule has 1 nitrogen and oxygen atoms in total. The Labute approximate surface area is 85.1 Å². The molecule has 0 aliphatic heterocycles. The highest BCUT2D eigenvalue weighted by molar-refractivity contribution is 6.28. The van der Waals surface area contributed by atoms with Gasteiger partial charge in [0.1, 0.15) is 6.10 Å². The first-order chi connectivity index (χ1) is 5.72. The molecule has 73 valence electrons. The molecular formula is C9H17Cl2O. The third-order valence-corrected chi connectivity index (χ3v) is 2.82. The second-order valence-electron chi connectivity index (χ2n) is 3.06. The van der Waals surface area contributed by atoms with Crippen LogP contribution in [0.2, 0.25) is 0 Å². The summed E-state index contributed by atoms with van der Waals surface area (Å²) in [6.45, 7) is 2.15. The van der Waals surface area contributed by atoms with Crippen LogP contribution in [0.3, 0.4) is 0 Å². The summed E-state index contributed by atoms with van der Waals surface area (Å²) in [4.78, 5) is 0. The van der Waals surface area contributed by atoms with Gasteiger partial charge in [-0.25, -0.2) is 5.11 Å². The second kappa shape index (κ2) is 8.15. The van der Waals surface area contributed by atoms with Crippen molar-refractivity contribution in [1.29, 1.82) is 0 Å². The van der Waals surface area contributed by atoms with E-state index < -0.39 is 11.5 Å². The van der Waals surface area contributed by atoms with Crippen molar-refractivity contribution in [2.45, 2.75) is 50.5 Å². The van der Waals surface area contributed by atoms with Gasteiger partial charge in [-0.15, -0.1) is 23.2 Å². The van der Waals surface area contributed by atoms with Crippen LogP contribution < -0.4 is 0 Å². The Morgan fingerprint density at radius 1 is 1.25 bits per heavy atom. The summed E-state index contributed by atoms with van der Waals surface area (Å²) >= 11 is 11.1. The number of rotatable bonds is 7. The van der Waals surface area contributed by atoms with E-state index >= 15 is 0 Å². The molecule has 0 bridgehead atoms. The summed E-state index contributed by atoms with van der Waals surface area (Å²) in [5.41, 5.74) is 0. The van der Waals surface area contributed by atoms with Gasteiger partial charge in [0.15, 0.2) is 0 Å². The molecule has 0 aliphatic rings. The number of alkyl halides is 2. The second-order valence-corrected chi connectivity index (χ2v) is 3.93. The molecule has 0 saturated carbocycles. The predicted octanol–water partition coefficient (Wildman–Crippen LogP) is 3.60. The third kappa shape index (κ3) is 6.10. The van der Waals surface area contributed by atoms with Crippen LogP contribution in [0.1, 0.15) is 39.0 Å². The van der Waals surface area contributed by atoms with E-state index in [1.165, 1.54) is 12.8 Å². The summed E-state index contributed by atoms with van der Waals surface area (Å²) in [6, 6.07) is 0. The molecule has 0 amide bonds. The average molecular weight is 212 g/mol. The Balaban J connectivity index is 3.24. The van der Waals surface area contributed by atoms with Gasteiger partial charge in [0.25, 0.3) is 0 Å². The van der Waals surface area contributed by atoms with E-state index in [1.807, 2.05) is 0 Å². The fourth-order valence-corrected chi connectivity index (χ4v) is 1.38. The number of hydrogen-bond acceptors (Lipinski definition) is 0. The monoisotopic (exact) mass is 211 g/mol. The standard InChI is InChI=1S/C9H17Cl2O/c1-2-3-4-5-6-9(12)8(11)7-10/h8-9H,2-7H2,1H3. The fourth-order valence-electron chi connectivity index (χ4n) is 1.05. The van der Waals surface area contributed by atoms with Gasteiger partial charge in [0.05, 0.1) is 5.38 Å². The summed E-state index contributed by atoms with van der Waals surface area (Å²) < 4.78 is 0. The van der Waals surface area contributed by atoms with Gasteiger partial charge in [0.2, 0.25) is 0 Å². The lowest BCUT2D eigenvalue weighted by Gasteiger charge is -2.11. The van der Waals surface area contributed by atoms with E-state index in [0.717, 1.165) is 12.8 Å². The van der Waals surface area contributed by atoms with Crippen LogP contribution in [0.4, 0.5) is 0 Å². The van der Waals surface area contributed by atoms with E-state index in [9.17, 15) is 5.11 Å². The van der Waals surface area contributed by atoms with Crippen molar-refractivity contribution >= 4 is 23.2 Å². The maximum Gasteiger partial charge on any atom is 0.110 e. The van der Waals surface area contributed by atoms with Gasteiger partial charge in [-0.05, 0) is 6.42 Å². The Kier molecular flexibility index (Phi) is 8.52. The summed E-state index contributed by atoms with van der Waals surface area (Å²) in [7, 11) is 0. The first-order valence-corrected chi connectivity index (χ1v) is 5.55. The minimum atomic E-state index is -0.680. The zero-order valence-electron chi connectivity index (χ0n) is 7.56. The van der Waals surface area contributed by atoms with Gasteiger partial charge in [-0.2, -0.15) is 0 Å². The van der Waals surface area contributed by atoms with Crippen LogP contribution in [0.25, 0.3) is 0 Å². The van der Waals surface area contributed by atoms with Crippen LogP contribution in [0, 0.1) is 0 Å². The van der Waals surface area contributed by atoms with E-state index in [0.29, 0.717) is 6.42 Å². The molecule has 0 aromatic carbocycles. The van der Waals surface area contributed by atoms with Gasteiger partial charge in [0, 0.05) is 5.88 Å². The maximum absolute atomic E-state index is 11.2. The molecule has 1 radical (unpaired) electrons. The lowest BCUT2D eigenvalue weighted by atomic mass is 10.1. The van der Waals surface area contributed by atoms with Gasteiger partial charge in [-0.3, -0.25) is 0 Å². The van der Waals surface area contributed by atoms with Crippen molar-refractivity contribution in [3.05, 3.63) is 0 Å². The molecule has 12 heavy (non-hydrogen) atoms. The van der Waals surface area contributed by atoms with Crippen molar-refractivity contribution in [2.75, 3.05) is 5.88 Å². The van der Waals surface area contributed by atoms with E-state index in [-0.39, 0.29) is 5.88 Å². The molecule has 0 fully saturated rings. The van der Waals surface area contributed by atoms with Crippen molar-refractivity contribution < 1.29 is 5.11 Å². The van der Waals surface area contributed by atoms with Crippen LogP contribution in [0.5, 0.6) is 0 Å². The van der Waals surface area contributed by atoms with Crippen LogP contribution >= 0.6 is 23.2 Å². The van der Waals surface area contributed by atoms with Gasteiger partial charge >= 0.3 is 0 Å². The highest BCUT2D eigenvalue weighted by Crippen LogP contribution is 2.13. The molecular weight excluding hydrogens is 195 g/mol. The molecule has 0 aromatic heterocycles. The first-order valence-electron chi connectivity index (χ1n) is 4.58. The van der Waals surface area contributed by atoms with Crippen molar-refractivity contribution in [1.82, 2.24) is 0 Å². The predicted molar refractivity (Wildman–Crippen MR) is 53.6 cm³/mol. The van der Waals surface area contributed by atoms with Crippen molar-refractivity contribution in [3.63, 3.8) is 0 Å². The normalized spacial score (nSPS) is 16.0. The van der Waals surface area contributed by atoms with E-state index in [1.54, 1.807) is 0 Å². The number of hydrogen-bond donors (Lipinski definition) is 0. The molecule has 0 N–H and O–H groups in total. The maximum atomic E-state index is 11.2. The Morgan fingerprint density at radius 3 is 2.42 bits per heavy atom. The smallest absolute Gasteiger partial charge is 0.110 e. The average Bonchev–Trinajstić information content (AvgIpc) is 2.10. The van der Waals surface area contributed by atoms with Crippen LogP contribution in [-0.2, 0) is 5.11 Å². The molecule has 0 heterocycles. The highest BCUT2D eigenvalue weighted by atomic mass is 35.5. The molecule has 0 rings (SSSR count). The SMILES string of the molecule is CCCCCCC([O])C(Cl)CCl. The topological polar surface area (TPSA) is 19.9 Å². The lowest BCUT2D eigenvalue weighted by Crippen LogP contribution is -2.20. The summed E-state index contributed by atoms with van der Waals surface area (Å²) in [5.74, 6) is 0.267. The third-order valence-electron chi connectivity index (χ3n) is 1.89. The van der Waals surface area contributed by atoms with Gasteiger partial charge < -0.3 is 0 Å². The summed E-state index contributed by atoms with van der Waals surface area (Å²) in [6.07, 6.45) is 4.52. The molecule has 0 saturated heterocycles. The van der Waals surface area contributed by atoms with Crippen LogP contribution in [-0.4, -0.2) is 17.4 Å². The van der Waals surface area contributed by atoms with Crippen LogP contribution in [0.15, 0.2) is 0 Å². The van der Waals surface area contributed by atoms with Crippen molar-refractivity contribution in [3.8, 4) is 0 Å². The first kappa shape index (κ1) is 12.5. The van der Waals surface area contributed by atoms with E-state index in [4.69, 9.17) is 23.2 Å². The Bertz CT molecular complexity index is 98.5. The molecule has 3 heteroatoms. The van der Waals surface area contributed by atoms with Crippen molar-refractivity contribution in [2.24, 2.45) is 0 Å². The zero-order chi connectivity index (χ0) is 9.40. The largest absolute Gasteiger partial charge is 0.231 e. The van der Waals surface area contributed by atoms with E-state index in [2.05, 4.69) is 6.92 Å². The zero-order valence-corrected chi connectivity index (χ0v) is 9.07. The lowest BCUT2D eigenvalue weighted by molar-refractivity contribution is 0.0792. The summed E-state index contributed by atoms with van der Waals surface area (Å²) in [5, 5.41) is 10.8. The molecule has 0 spiro atoms. The Morgan fingerprint density at radius 2 is 1.92 bits per heavy atom. The quantitative estimate of drug-likeness (QED) is 0.454. The molecule has 0 aliphatic carbocycles.